The zero-order chi connectivity index (χ0) is 8.60. The third-order valence-electron chi connectivity index (χ3n) is 3.70. The van der Waals surface area contributed by atoms with E-state index in [0.717, 1.165) is 5.92 Å². The van der Waals surface area contributed by atoms with E-state index in [1.54, 1.807) is 5.57 Å². The molecule has 12 heavy (non-hydrogen) atoms. The zero-order valence-corrected chi connectivity index (χ0v) is 8.40. The largest absolute Gasteiger partial charge is 0.0845 e. The van der Waals surface area contributed by atoms with Gasteiger partial charge in [0.1, 0.15) is 0 Å². The normalized spacial score (nSPS) is 33.8. The fourth-order valence-electron chi connectivity index (χ4n) is 3.01. The molecule has 0 heteroatoms. The molecule has 0 heterocycles. The summed E-state index contributed by atoms with van der Waals surface area (Å²) in [6, 6.07) is 0. The van der Waals surface area contributed by atoms with Crippen LogP contribution in [0.5, 0.6) is 0 Å². The van der Waals surface area contributed by atoms with Crippen LogP contribution in [0.1, 0.15) is 52.4 Å². The fraction of sp³-hybridized carbons (Fsp3) is 0.833. The Morgan fingerprint density at radius 3 is 2.75 bits per heavy atom. The van der Waals surface area contributed by atoms with Gasteiger partial charge in [-0.05, 0) is 43.4 Å². The third kappa shape index (κ3) is 1.32. The highest BCUT2D eigenvalue weighted by Crippen LogP contribution is 2.47. The number of hydrogen-bond donors (Lipinski definition) is 0. The lowest BCUT2D eigenvalue weighted by Gasteiger charge is -2.41. The van der Waals surface area contributed by atoms with E-state index in [0.29, 0.717) is 5.41 Å². The average Bonchev–Trinajstić information content (AvgIpc) is 2.04. The number of rotatable bonds is 0. The second kappa shape index (κ2) is 2.90. The first-order valence-electron chi connectivity index (χ1n) is 5.41. The summed E-state index contributed by atoms with van der Waals surface area (Å²) in [6.45, 7) is 4.85. The van der Waals surface area contributed by atoms with Crippen molar-refractivity contribution in [1.29, 1.82) is 0 Å². The SMILES string of the molecule is CC1(C)CCCC2CCCC=C21. The van der Waals surface area contributed by atoms with Crippen LogP contribution in [-0.4, -0.2) is 0 Å². The predicted octanol–water partition coefficient (Wildman–Crippen LogP) is 3.92. The van der Waals surface area contributed by atoms with Crippen molar-refractivity contribution in [3.05, 3.63) is 11.6 Å². The van der Waals surface area contributed by atoms with Crippen LogP contribution in [0.3, 0.4) is 0 Å². The van der Waals surface area contributed by atoms with Gasteiger partial charge in [0.2, 0.25) is 0 Å². The molecule has 1 fully saturated rings. The molecule has 2 rings (SSSR count). The van der Waals surface area contributed by atoms with E-state index in [-0.39, 0.29) is 0 Å². The highest BCUT2D eigenvalue weighted by Gasteiger charge is 2.33. The molecule has 0 spiro atoms. The summed E-state index contributed by atoms with van der Waals surface area (Å²) < 4.78 is 0. The molecular formula is C12H20. The molecule has 0 aromatic carbocycles. The summed E-state index contributed by atoms with van der Waals surface area (Å²) in [5, 5.41) is 0. The minimum Gasteiger partial charge on any atom is -0.0845 e. The van der Waals surface area contributed by atoms with E-state index in [2.05, 4.69) is 19.9 Å². The predicted molar refractivity (Wildman–Crippen MR) is 53.1 cm³/mol. The second-order valence-electron chi connectivity index (χ2n) is 5.06. The van der Waals surface area contributed by atoms with Gasteiger partial charge < -0.3 is 0 Å². The molecule has 68 valence electrons. The first kappa shape index (κ1) is 8.34. The van der Waals surface area contributed by atoms with Gasteiger partial charge in [0.25, 0.3) is 0 Å². The monoisotopic (exact) mass is 164 g/mol. The molecule has 2 aliphatic carbocycles. The Morgan fingerprint density at radius 2 is 2.00 bits per heavy atom. The van der Waals surface area contributed by atoms with Crippen molar-refractivity contribution >= 4 is 0 Å². The van der Waals surface area contributed by atoms with E-state index < -0.39 is 0 Å². The van der Waals surface area contributed by atoms with E-state index in [9.17, 15) is 0 Å². The van der Waals surface area contributed by atoms with Crippen LogP contribution in [0.15, 0.2) is 11.6 Å². The Balaban J connectivity index is 2.24. The van der Waals surface area contributed by atoms with Gasteiger partial charge in [0.05, 0.1) is 0 Å². The Labute approximate surface area is 76.1 Å². The molecule has 0 saturated heterocycles. The fourth-order valence-corrected chi connectivity index (χ4v) is 3.01. The van der Waals surface area contributed by atoms with Crippen molar-refractivity contribution in [2.24, 2.45) is 11.3 Å². The minimum atomic E-state index is 0.531. The van der Waals surface area contributed by atoms with Crippen molar-refractivity contribution in [3.8, 4) is 0 Å². The third-order valence-corrected chi connectivity index (χ3v) is 3.70. The molecule has 0 aromatic heterocycles. The van der Waals surface area contributed by atoms with Crippen LogP contribution in [-0.2, 0) is 0 Å². The topological polar surface area (TPSA) is 0 Å². The van der Waals surface area contributed by atoms with Crippen LogP contribution < -0.4 is 0 Å². The maximum absolute atomic E-state index is 2.54. The zero-order valence-electron chi connectivity index (χ0n) is 8.40. The molecular weight excluding hydrogens is 144 g/mol. The molecule has 0 bridgehead atoms. The summed E-state index contributed by atoms with van der Waals surface area (Å²) in [7, 11) is 0. The van der Waals surface area contributed by atoms with E-state index in [1.807, 2.05) is 0 Å². The summed E-state index contributed by atoms with van der Waals surface area (Å²) >= 11 is 0. The number of allylic oxidation sites excluding steroid dienone is 2. The summed E-state index contributed by atoms with van der Waals surface area (Å²) in [5.74, 6) is 0.961. The van der Waals surface area contributed by atoms with Crippen LogP contribution in [0.4, 0.5) is 0 Å². The van der Waals surface area contributed by atoms with Crippen LogP contribution >= 0.6 is 0 Å². The summed E-state index contributed by atoms with van der Waals surface area (Å²) in [6.07, 6.45) is 11.1. The molecule has 2 aliphatic rings. The van der Waals surface area contributed by atoms with Gasteiger partial charge in [-0.2, -0.15) is 0 Å². The Morgan fingerprint density at radius 1 is 1.25 bits per heavy atom. The van der Waals surface area contributed by atoms with Gasteiger partial charge in [-0.3, -0.25) is 0 Å². The maximum atomic E-state index is 2.54. The lowest BCUT2D eigenvalue weighted by Crippen LogP contribution is -2.27. The highest BCUT2D eigenvalue weighted by molar-refractivity contribution is 5.20. The summed E-state index contributed by atoms with van der Waals surface area (Å²) in [4.78, 5) is 0. The van der Waals surface area contributed by atoms with E-state index in [4.69, 9.17) is 0 Å². The van der Waals surface area contributed by atoms with E-state index >= 15 is 0 Å². The Kier molecular flexibility index (Phi) is 2.02. The first-order valence-corrected chi connectivity index (χ1v) is 5.41. The molecule has 0 aromatic rings. The molecule has 0 radical (unpaired) electrons. The Bertz CT molecular complexity index is 198. The Hall–Kier alpha value is -0.260. The van der Waals surface area contributed by atoms with Crippen molar-refractivity contribution < 1.29 is 0 Å². The summed E-state index contributed by atoms with van der Waals surface area (Å²) in [5.41, 5.74) is 2.32. The molecule has 0 amide bonds. The van der Waals surface area contributed by atoms with Gasteiger partial charge in [0, 0.05) is 0 Å². The van der Waals surface area contributed by atoms with Crippen molar-refractivity contribution in [2.45, 2.75) is 52.4 Å². The molecule has 0 nitrogen and oxygen atoms in total. The van der Waals surface area contributed by atoms with Crippen molar-refractivity contribution in [2.75, 3.05) is 0 Å². The number of fused-ring (bicyclic) bond motifs is 1. The van der Waals surface area contributed by atoms with Crippen molar-refractivity contribution in [3.63, 3.8) is 0 Å². The molecule has 0 aliphatic heterocycles. The highest BCUT2D eigenvalue weighted by atomic mass is 14.4. The minimum absolute atomic E-state index is 0.531. The maximum Gasteiger partial charge on any atom is -0.0142 e. The van der Waals surface area contributed by atoms with Gasteiger partial charge in [0.15, 0.2) is 0 Å². The standard InChI is InChI=1S/C12H20/c1-12(2)9-5-7-10-6-3-4-8-11(10)12/h8,10H,3-7,9H2,1-2H3. The van der Waals surface area contributed by atoms with Crippen LogP contribution in [0.25, 0.3) is 0 Å². The smallest absolute Gasteiger partial charge is 0.0142 e. The van der Waals surface area contributed by atoms with Gasteiger partial charge in [-0.1, -0.05) is 31.9 Å². The molecule has 0 N–H and O–H groups in total. The van der Waals surface area contributed by atoms with Gasteiger partial charge in [-0.15, -0.1) is 0 Å². The van der Waals surface area contributed by atoms with Crippen molar-refractivity contribution in [1.82, 2.24) is 0 Å². The van der Waals surface area contributed by atoms with Gasteiger partial charge in [-0.25, -0.2) is 0 Å². The molecule has 1 saturated carbocycles. The van der Waals surface area contributed by atoms with Crippen LogP contribution in [0.2, 0.25) is 0 Å². The quantitative estimate of drug-likeness (QED) is 0.476. The van der Waals surface area contributed by atoms with E-state index in [1.165, 1.54) is 38.5 Å². The molecule has 1 atom stereocenters. The lowest BCUT2D eigenvalue weighted by molar-refractivity contribution is 0.258. The second-order valence-corrected chi connectivity index (χ2v) is 5.06. The average molecular weight is 164 g/mol. The first-order chi connectivity index (χ1) is 5.70. The van der Waals surface area contributed by atoms with Crippen LogP contribution in [0, 0.1) is 11.3 Å². The van der Waals surface area contributed by atoms with Gasteiger partial charge >= 0.3 is 0 Å². The molecule has 1 unspecified atom stereocenters. The lowest BCUT2D eigenvalue weighted by atomic mass is 9.65. The number of hydrogen-bond acceptors (Lipinski definition) is 0.